The van der Waals surface area contributed by atoms with E-state index in [2.05, 4.69) is 5.32 Å². The molecular weight excluding hydrogens is 282 g/mol. The van der Waals surface area contributed by atoms with Crippen molar-refractivity contribution in [3.05, 3.63) is 53.6 Å². The van der Waals surface area contributed by atoms with E-state index in [1.165, 1.54) is 6.07 Å². The fourth-order valence-electron chi connectivity index (χ4n) is 1.98. The summed E-state index contributed by atoms with van der Waals surface area (Å²) in [5, 5.41) is 12.5. The fourth-order valence-corrected chi connectivity index (χ4v) is 1.98. The molecule has 0 aliphatic rings. The summed E-state index contributed by atoms with van der Waals surface area (Å²) in [7, 11) is 1.55. The first-order valence-electron chi connectivity index (χ1n) is 7.01. The Labute approximate surface area is 129 Å². The highest BCUT2D eigenvalue weighted by atomic mass is 16.5. The zero-order chi connectivity index (χ0) is 15.9. The standard InChI is InChI=1S/C17H19NO4/c1-3-22-14-6-4-12(5-7-14)17(20)18-11-13-10-15(21-2)8-9-16(13)19/h4-10,19H,3,11H2,1-2H3,(H,18,20). The van der Waals surface area contributed by atoms with Crippen molar-refractivity contribution in [3.8, 4) is 17.2 Å². The van der Waals surface area contributed by atoms with E-state index < -0.39 is 0 Å². The third-order valence-corrected chi connectivity index (χ3v) is 3.15. The number of aromatic hydroxyl groups is 1. The number of amides is 1. The molecule has 0 atom stereocenters. The maximum absolute atomic E-state index is 12.1. The number of phenolic OH excluding ortho intramolecular Hbond substituents is 1. The van der Waals surface area contributed by atoms with Crippen LogP contribution >= 0.6 is 0 Å². The molecule has 0 saturated carbocycles. The van der Waals surface area contributed by atoms with Crippen LogP contribution in [0.4, 0.5) is 0 Å². The summed E-state index contributed by atoms with van der Waals surface area (Å²) in [4.78, 5) is 12.1. The highest BCUT2D eigenvalue weighted by molar-refractivity contribution is 5.94. The molecule has 2 aromatic carbocycles. The van der Waals surface area contributed by atoms with Gasteiger partial charge < -0.3 is 19.9 Å². The van der Waals surface area contributed by atoms with Gasteiger partial charge in [-0.3, -0.25) is 4.79 Å². The van der Waals surface area contributed by atoms with Gasteiger partial charge in [0.25, 0.3) is 5.91 Å². The molecule has 2 rings (SSSR count). The molecule has 2 N–H and O–H groups in total. The topological polar surface area (TPSA) is 67.8 Å². The Balaban J connectivity index is 2.00. The minimum absolute atomic E-state index is 0.118. The maximum Gasteiger partial charge on any atom is 0.251 e. The summed E-state index contributed by atoms with van der Waals surface area (Å²) >= 11 is 0. The van der Waals surface area contributed by atoms with Crippen molar-refractivity contribution < 1.29 is 19.4 Å². The summed E-state index contributed by atoms with van der Waals surface area (Å²) in [5.41, 5.74) is 1.13. The second kappa shape index (κ2) is 7.36. The summed E-state index contributed by atoms with van der Waals surface area (Å²) < 4.78 is 10.4. The molecule has 1 amide bonds. The predicted octanol–water partition coefficient (Wildman–Crippen LogP) is 2.73. The van der Waals surface area contributed by atoms with E-state index in [0.717, 1.165) is 5.75 Å². The van der Waals surface area contributed by atoms with Gasteiger partial charge in [-0.15, -0.1) is 0 Å². The van der Waals surface area contributed by atoms with Crippen molar-refractivity contribution in [1.82, 2.24) is 5.32 Å². The van der Waals surface area contributed by atoms with Crippen molar-refractivity contribution in [1.29, 1.82) is 0 Å². The first kappa shape index (κ1) is 15.7. The molecule has 0 radical (unpaired) electrons. The Bertz CT molecular complexity index is 638. The average molecular weight is 301 g/mol. The lowest BCUT2D eigenvalue weighted by Gasteiger charge is -2.09. The molecule has 0 saturated heterocycles. The van der Waals surface area contributed by atoms with Gasteiger partial charge in [0.05, 0.1) is 13.7 Å². The summed E-state index contributed by atoms with van der Waals surface area (Å²) in [5.74, 6) is 1.26. The molecule has 0 heterocycles. The fraction of sp³-hybridized carbons (Fsp3) is 0.235. The molecule has 2 aromatic rings. The molecule has 5 heteroatoms. The number of carbonyl (C=O) groups excluding carboxylic acids is 1. The van der Waals surface area contributed by atoms with Crippen LogP contribution in [0.15, 0.2) is 42.5 Å². The smallest absolute Gasteiger partial charge is 0.251 e. The van der Waals surface area contributed by atoms with Crippen molar-refractivity contribution in [2.45, 2.75) is 13.5 Å². The van der Waals surface area contributed by atoms with Gasteiger partial charge in [0.15, 0.2) is 0 Å². The number of carbonyl (C=O) groups is 1. The Hall–Kier alpha value is -2.69. The van der Waals surface area contributed by atoms with E-state index >= 15 is 0 Å². The number of rotatable bonds is 6. The van der Waals surface area contributed by atoms with Crippen molar-refractivity contribution in [2.75, 3.05) is 13.7 Å². The lowest BCUT2D eigenvalue weighted by molar-refractivity contribution is 0.0950. The Morgan fingerprint density at radius 1 is 1.14 bits per heavy atom. The highest BCUT2D eigenvalue weighted by Crippen LogP contribution is 2.22. The maximum atomic E-state index is 12.1. The van der Waals surface area contributed by atoms with Crippen LogP contribution in [0.1, 0.15) is 22.8 Å². The molecular formula is C17H19NO4. The van der Waals surface area contributed by atoms with Crippen LogP contribution in [0.3, 0.4) is 0 Å². The monoisotopic (exact) mass is 301 g/mol. The van der Waals surface area contributed by atoms with Crippen LogP contribution in [0.5, 0.6) is 17.2 Å². The molecule has 22 heavy (non-hydrogen) atoms. The quantitative estimate of drug-likeness (QED) is 0.861. The van der Waals surface area contributed by atoms with Gasteiger partial charge in [-0.2, -0.15) is 0 Å². The van der Waals surface area contributed by atoms with E-state index in [1.54, 1.807) is 43.5 Å². The molecule has 0 aliphatic heterocycles. The van der Waals surface area contributed by atoms with Crippen LogP contribution < -0.4 is 14.8 Å². The number of ether oxygens (including phenoxy) is 2. The first-order valence-corrected chi connectivity index (χ1v) is 7.01. The molecule has 5 nitrogen and oxygen atoms in total. The molecule has 0 spiro atoms. The minimum Gasteiger partial charge on any atom is -0.508 e. The predicted molar refractivity (Wildman–Crippen MR) is 83.4 cm³/mol. The molecule has 0 bridgehead atoms. The lowest BCUT2D eigenvalue weighted by Crippen LogP contribution is -2.22. The second-order valence-electron chi connectivity index (χ2n) is 4.63. The normalized spacial score (nSPS) is 10.1. The van der Waals surface area contributed by atoms with Gasteiger partial charge in [0.2, 0.25) is 0 Å². The minimum atomic E-state index is -0.217. The van der Waals surface area contributed by atoms with Gasteiger partial charge in [-0.1, -0.05) is 0 Å². The summed E-state index contributed by atoms with van der Waals surface area (Å²) in [6.07, 6.45) is 0. The van der Waals surface area contributed by atoms with Gasteiger partial charge in [-0.05, 0) is 49.4 Å². The van der Waals surface area contributed by atoms with Crippen LogP contribution in [-0.4, -0.2) is 24.7 Å². The SMILES string of the molecule is CCOc1ccc(C(=O)NCc2cc(OC)ccc2O)cc1. The summed E-state index contributed by atoms with van der Waals surface area (Å²) in [6, 6.07) is 11.8. The summed E-state index contributed by atoms with van der Waals surface area (Å²) in [6.45, 7) is 2.71. The van der Waals surface area contributed by atoms with Crippen LogP contribution in [-0.2, 0) is 6.54 Å². The Morgan fingerprint density at radius 3 is 2.45 bits per heavy atom. The van der Waals surface area contributed by atoms with Crippen LogP contribution in [0.2, 0.25) is 0 Å². The molecule has 116 valence electrons. The Morgan fingerprint density at radius 2 is 1.82 bits per heavy atom. The number of benzene rings is 2. The van der Waals surface area contributed by atoms with Crippen LogP contribution in [0, 0.1) is 0 Å². The van der Waals surface area contributed by atoms with Gasteiger partial charge in [-0.25, -0.2) is 0 Å². The number of methoxy groups -OCH3 is 1. The molecule has 0 aliphatic carbocycles. The Kier molecular flexibility index (Phi) is 5.25. The van der Waals surface area contributed by atoms with E-state index in [1.807, 2.05) is 6.92 Å². The van der Waals surface area contributed by atoms with Crippen molar-refractivity contribution in [3.63, 3.8) is 0 Å². The van der Waals surface area contributed by atoms with E-state index in [9.17, 15) is 9.90 Å². The van der Waals surface area contributed by atoms with E-state index in [-0.39, 0.29) is 18.2 Å². The largest absolute Gasteiger partial charge is 0.508 e. The molecule has 0 fully saturated rings. The average Bonchev–Trinajstić information content (AvgIpc) is 2.55. The second-order valence-corrected chi connectivity index (χ2v) is 4.63. The van der Waals surface area contributed by atoms with Crippen molar-refractivity contribution >= 4 is 5.91 Å². The van der Waals surface area contributed by atoms with Gasteiger partial charge in [0.1, 0.15) is 17.2 Å². The van der Waals surface area contributed by atoms with E-state index in [0.29, 0.717) is 23.5 Å². The molecule has 0 unspecified atom stereocenters. The first-order chi connectivity index (χ1) is 10.6. The third kappa shape index (κ3) is 3.91. The van der Waals surface area contributed by atoms with E-state index in [4.69, 9.17) is 9.47 Å². The highest BCUT2D eigenvalue weighted by Gasteiger charge is 2.08. The number of hydrogen-bond acceptors (Lipinski definition) is 4. The number of hydrogen-bond donors (Lipinski definition) is 2. The van der Waals surface area contributed by atoms with Crippen molar-refractivity contribution in [2.24, 2.45) is 0 Å². The van der Waals surface area contributed by atoms with Gasteiger partial charge in [0, 0.05) is 17.7 Å². The lowest BCUT2D eigenvalue weighted by atomic mass is 10.1. The van der Waals surface area contributed by atoms with Crippen LogP contribution in [0.25, 0.3) is 0 Å². The number of phenols is 1. The zero-order valence-corrected chi connectivity index (χ0v) is 12.6. The zero-order valence-electron chi connectivity index (χ0n) is 12.6. The molecule has 0 aromatic heterocycles. The van der Waals surface area contributed by atoms with Gasteiger partial charge >= 0.3 is 0 Å². The number of nitrogens with one attached hydrogen (secondary N) is 1. The third-order valence-electron chi connectivity index (χ3n) is 3.15.